The van der Waals surface area contributed by atoms with Crippen LogP contribution in [0.2, 0.25) is 0 Å². The Morgan fingerprint density at radius 3 is 2.70 bits per heavy atom. The van der Waals surface area contributed by atoms with Crippen molar-refractivity contribution in [2.24, 2.45) is 4.99 Å². The molecule has 3 nitrogen and oxygen atoms in total. The van der Waals surface area contributed by atoms with Crippen LogP contribution in [0.25, 0.3) is 5.57 Å². The van der Waals surface area contributed by atoms with Crippen LogP contribution in [0, 0.1) is 12.0 Å². The fourth-order valence-electron chi connectivity index (χ4n) is 2.11. The van der Waals surface area contributed by atoms with Crippen molar-refractivity contribution in [2.45, 2.75) is 27.2 Å². The van der Waals surface area contributed by atoms with Crippen LogP contribution in [0.4, 0.5) is 5.82 Å². The van der Waals surface area contributed by atoms with E-state index in [1.807, 2.05) is 32.1 Å². The first-order chi connectivity index (χ1) is 11.1. The van der Waals surface area contributed by atoms with Crippen molar-refractivity contribution in [3.63, 3.8) is 0 Å². The van der Waals surface area contributed by atoms with Crippen molar-refractivity contribution < 1.29 is 0 Å². The molecule has 1 aromatic rings. The summed E-state index contributed by atoms with van der Waals surface area (Å²) >= 11 is 0. The Morgan fingerprint density at radius 2 is 2.17 bits per heavy atom. The number of hydrogen-bond acceptors (Lipinski definition) is 2. The zero-order valence-corrected chi connectivity index (χ0v) is 14.1. The first-order valence-corrected chi connectivity index (χ1v) is 7.38. The smallest absolute Gasteiger partial charge is 0.172 e. The van der Waals surface area contributed by atoms with E-state index in [2.05, 4.69) is 54.1 Å². The van der Waals surface area contributed by atoms with Gasteiger partial charge in [-0.2, -0.15) is 9.78 Å². The third-order valence-electron chi connectivity index (χ3n) is 3.07. The summed E-state index contributed by atoms with van der Waals surface area (Å²) in [5.41, 5.74) is 3.86. The normalized spacial score (nSPS) is 12.0. The first-order valence-electron chi connectivity index (χ1n) is 7.38. The minimum atomic E-state index is 0.628. The Hall–Kier alpha value is -2.86. The quantitative estimate of drug-likeness (QED) is 0.299. The van der Waals surface area contributed by atoms with Gasteiger partial charge in [0.15, 0.2) is 5.82 Å². The molecular formula is C20H23N3. The molecule has 23 heavy (non-hydrogen) atoms. The van der Waals surface area contributed by atoms with E-state index in [1.165, 1.54) is 4.68 Å². The van der Waals surface area contributed by atoms with Gasteiger partial charge in [0.05, 0.1) is 6.20 Å². The number of aromatic nitrogens is 2. The van der Waals surface area contributed by atoms with Crippen LogP contribution >= 0.6 is 0 Å². The second kappa shape index (κ2) is 9.22. The highest BCUT2D eigenvalue weighted by Gasteiger charge is 2.14. The first kappa shape index (κ1) is 18.2. The van der Waals surface area contributed by atoms with E-state index in [9.17, 15) is 0 Å². The molecule has 0 spiro atoms. The van der Waals surface area contributed by atoms with Gasteiger partial charge >= 0.3 is 0 Å². The van der Waals surface area contributed by atoms with Crippen molar-refractivity contribution in [2.75, 3.05) is 0 Å². The molecule has 1 heterocycles. The van der Waals surface area contributed by atoms with E-state index in [-0.39, 0.29) is 0 Å². The van der Waals surface area contributed by atoms with E-state index in [4.69, 9.17) is 0 Å². The lowest BCUT2D eigenvalue weighted by molar-refractivity contribution is 0.916. The molecule has 0 saturated carbocycles. The second-order valence-electron chi connectivity index (χ2n) is 4.85. The van der Waals surface area contributed by atoms with E-state index in [1.54, 1.807) is 13.1 Å². The Bertz CT molecular complexity index is 744. The molecule has 0 fully saturated rings. The number of allylic oxidation sites excluding steroid dienone is 8. The van der Waals surface area contributed by atoms with E-state index < -0.39 is 0 Å². The average Bonchev–Trinajstić information content (AvgIpc) is 2.92. The molecule has 0 amide bonds. The Balaban J connectivity index is 3.64. The van der Waals surface area contributed by atoms with Gasteiger partial charge < -0.3 is 0 Å². The van der Waals surface area contributed by atoms with Crippen molar-refractivity contribution in [1.29, 1.82) is 0 Å². The Kier molecular flexibility index (Phi) is 7.29. The fraction of sp³-hybridized carbons (Fsp3) is 0.200. The molecule has 3 heteroatoms. The maximum atomic E-state index is 4.29. The van der Waals surface area contributed by atoms with Crippen LogP contribution in [0.15, 0.2) is 65.9 Å². The maximum Gasteiger partial charge on any atom is 0.172 e. The van der Waals surface area contributed by atoms with Crippen LogP contribution < -0.4 is 0 Å². The molecule has 0 atom stereocenters. The van der Waals surface area contributed by atoms with Gasteiger partial charge in [-0.3, -0.25) is 0 Å². The third kappa shape index (κ3) is 4.55. The highest BCUT2D eigenvalue weighted by atomic mass is 15.3. The van der Waals surface area contributed by atoms with Crippen molar-refractivity contribution in [1.82, 2.24) is 9.78 Å². The molecule has 0 radical (unpaired) electrons. The second-order valence-corrected chi connectivity index (χ2v) is 4.85. The molecule has 0 aliphatic heterocycles. The van der Waals surface area contributed by atoms with Gasteiger partial charge in [-0.15, -0.1) is 6.58 Å². The lowest BCUT2D eigenvalue weighted by Crippen LogP contribution is -1.92. The van der Waals surface area contributed by atoms with E-state index in [0.717, 1.165) is 28.7 Å². The minimum Gasteiger partial charge on any atom is -0.244 e. The van der Waals surface area contributed by atoms with Gasteiger partial charge in [-0.25, -0.2) is 4.99 Å². The van der Waals surface area contributed by atoms with E-state index >= 15 is 0 Å². The van der Waals surface area contributed by atoms with Gasteiger partial charge in [0.25, 0.3) is 0 Å². The van der Waals surface area contributed by atoms with E-state index in [0.29, 0.717) is 5.82 Å². The topological polar surface area (TPSA) is 30.2 Å². The van der Waals surface area contributed by atoms with Gasteiger partial charge in [0.1, 0.15) is 0 Å². The molecule has 0 aliphatic rings. The lowest BCUT2D eigenvalue weighted by Gasteiger charge is -2.09. The molecule has 0 aromatic carbocycles. The fourth-order valence-corrected chi connectivity index (χ4v) is 2.11. The zero-order chi connectivity index (χ0) is 17.2. The van der Waals surface area contributed by atoms with Crippen LogP contribution in [-0.2, 0) is 0 Å². The number of hydrogen-bond donors (Lipinski definition) is 0. The summed E-state index contributed by atoms with van der Waals surface area (Å²) in [6, 6.07) is 2.89. The van der Waals surface area contributed by atoms with Crippen molar-refractivity contribution in [3.8, 4) is 12.0 Å². The van der Waals surface area contributed by atoms with Gasteiger partial charge in [0, 0.05) is 11.6 Å². The lowest BCUT2D eigenvalue weighted by atomic mass is 9.96. The van der Waals surface area contributed by atoms with Crippen LogP contribution in [0.3, 0.4) is 0 Å². The molecule has 0 unspecified atom stereocenters. The number of aliphatic imine (C=N–C) groups is 1. The Morgan fingerprint density at radius 1 is 1.43 bits per heavy atom. The van der Waals surface area contributed by atoms with Gasteiger partial charge in [-0.05, 0) is 45.1 Å². The van der Waals surface area contributed by atoms with Gasteiger partial charge in [0.2, 0.25) is 0 Å². The number of nitrogens with zero attached hydrogens (tertiary/aromatic N) is 3. The summed E-state index contributed by atoms with van der Waals surface area (Å²) in [5, 5.41) is 4.29. The molecule has 0 N–H and O–H groups in total. The number of rotatable bonds is 7. The SMILES string of the molecule is C=CCC=C/C(C(=C)C)=C(/C=C\C)c1cnn(C#CC)c1N=C. The third-order valence-corrected chi connectivity index (χ3v) is 3.07. The predicted molar refractivity (Wildman–Crippen MR) is 101 cm³/mol. The monoisotopic (exact) mass is 305 g/mol. The molecular weight excluding hydrogens is 282 g/mol. The highest BCUT2D eigenvalue weighted by Crippen LogP contribution is 2.32. The summed E-state index contributed by atoms with van der Waals surface area (Å²) in [6.45, 7) is 17.2. The standard InChI is InChI=1S/C20H23N3/c1-7-10-11-13-17(16(4)5)18(12-8-2)19-15-22-23(14-9-3)20(19)21-6/h7-8,11-13,15H,1,4,6,10H2,2-3,5H3/b12-8-,13-11?,18-17+. The summed E-state index contributed by atoms with van der Waals surface area (Å²) < 4.78 is 1.54. The molecule has 118 valence electrons. The summed E-state index contributed by atoms with van der Waals surface area (Å²) in [4.78, 5) is 4.10. The predicted octanol–water partition coefficient (Wildman–Crippen LogP) is 5.08. The molecule has 0 saturated heterocycles. The summed E-state index contributed by atoms with van der Waals surface area (Å²) in [5.74, 6) is 3.45. The highest BCUT2D eigenvalue weighted by molar-refractivity contribution is 5.86. The largest absolute Gasteiger partial charge is 0.244 e. The minimum absolute atomic E-state index is 0.628. The molecule has 1 aromatic heterocycles. The molecule has 1 rings (SSSR count). The summed E-state index contributed by atoms with van der Waals surface area (Å²) in [6.07, 6.45) is 12.5. The zero-order valence-electron chi connectivity index (χ0n) is 14.1. The molecule has 0 bridgehead atoms. The van der Waals surface area contributed by atoms with Crippen molar-refractivity contribution >= 4 is 18.1 Å². The average molecular weight is 305 g/mol. The summed E-state index contributed by atoms with van der Waals surface area (Å²) in [7, 11) is 0. The maximum absolute atomic E-state index is 4.29. The molecule has 0 aliphatic carbocycles. The Labute approximate surface area is 139 Å². The van der Waals surface area contributed by atoms with Gasteiger partial charge in [-0.1, -0.05) is 48.5 Å². The van der Waals surface area contributed by atoms with Crippen LogP contribution in [0.1, 0.15) is 32.8 Å². The van der Waals surface area contributed by atoms with Crippen LogP contribution in [0.5, 0.6) is 0 Å². The van der Waals surface area contributed by atoms with Crippen LogP contribution in [-0.4, -0.2) is 16.5 Å². The van der Waals surface area contributed by atoms with Crippen molar-refractivity contribution in [3.05, 3.63) is 66.4 Å².